The molecular formula is C25H33NO4. The predicted molar refractivity (Wildman–Crippen MR) is 113 cm³/mol. The van der Waals surface area contributed by atoms with E-state index < -0.39 is 6.04 Å². The number of benzene rings is 1. The highest BCUT2D eigenvalue weighted by molar-refractivity contribution is 5.89. The fourth-order valence-electron chi connectivity index (χ4n) is 7.04. The minimum atomic E-state index is -0.413. The van der Waals surface area contributed by atoms with Crippen molar-refractivity contribution in [2.75, 3.05) is 19.8 Å². The van der Waals surface area contributed by atoms with Crippen LogP contribution in [0.15, 0.2) is 24.3 Å². The van der Waals surface area contributed by atoms with Crippen molar-refractivity contribution in [1.82, 2.24) is 4.90 Å². The minimum Gasteiger partial charge on any atom is -0.490 e. The van der Waals surface area contributed by atoms with Crippen molar-refractivity contribution in [3.8, 4) is 5.75 Å². The summed E-state index contributed by atoms with van der Waals surface area (Å²) in [6.07, 6.45) is 8.69. The van der Waals surface area contributed by atoms with E-state index in [1.165, 1.54) is 19.3 Å². The van der Waals surface area contributed by atoms with Crippen molar-refractivity contribution in [3.63, 3.8) is 0 Å². The first-order valence-corrected chi connectivity index (χ1v) is 11.7. The molecule has 5 aliphatic rings. The smallest absolute Gasteiger partial charge is 0.328 e. The monoisotopic (exact) mass is 411 g/mol. The van der Waals surface area contributed by atoms with Crippen LogP contribution >= 0.6 is 0 Å². The molecule has 162 valence electrons. The zero-order valence-electron chi connectivity index (χ0n) is 18.0. The Bertz CT molecular complexity index is 784. The number of nitrogens with zero attached hydrogens (tertiary/aromatic N) is 1. The molecule has 30 heavy (non-hydrogen) atoms. The summed E-state index contributed by atoms with van der Waals surface area (Å²) in [5.74, 6) is 2.98. The van der Waals surface area contributed by atoms with Crippen molar-refractivity contribution in [3.05, 3.63) is 29.8 Å². The summed E-state index contributed by atoms with van der Waals surface area (Å²) < 4.78 is 11.3. The topological polar surface area (TPSA) is 55.8 Å². The van der Waals surface area contributed by atoms with Gasteiger partial charge < -0.3 is 14.4 Å². The quantitative estimate of drug-likeness (QED) is 0.522. The van der Waals surface area contributed by atoms with Gasteiger partial charge in [-0.1, -0.05) is 18.2 Å². The van der Waals surface area contributed by atoms with E-state index in [4.69, 9.17) is 9.47 Å². The highest BCUT2D eigenvalue weighted by Gasteiger charge is 2.56. The fraction of sp³-hybridized carbons (Fsp3) is 0.680. The van der Waals surface area contributed by atoms with Gasteiger partial charge in [-0.05, 0) is 87.7 Å². The summed E-state index contributed by atoms with van der Waals surface area (Å²) in [6, 6.07) is 7.40. The SMILES string of the molecule is Cc1ccccc1OCCOC(=O)C1CCCN1C(=O)C12CC3CC(CC(C3)C1)C2. The number of rotatable bonds is 6. The van der Waals surface area contributed by atoms with Gasteiger partial charge in [-0.15, -0.1) is 0 Å². The van der Waals surface area contributed by atoms with Gasteiger partial charge in [0.2, 0.25) is 5.91 Å². The van der Waals surface area contributed by atoms with Crippen molar-refractivity contribution >= 4 is 11.9 Å². The molecule has 5 nitrogen and oxygen atoms in total. The molecule has 4 saturated carbocycles. The summed E-state index contributed by atoms with van der Waals surface area (Å²) in [5.41, 5.74) is 0.873. The predicted octanol–water partition coefficient (Wildman–Crippen LogP) is 4.12. The molecule has 1 aliphatic heterocycles. The van der Waals surface area contributed by atoms with Gasteiger partial charge in [0, 0.05) is 6.54 Å². The van der Waals surface area contributed by atoms with Gasteiger partial charge in [-0.2, -0.15) is 0 Å². The molecule has 0 radical (unpaired) electrons. The van der Waals surface area contributed by atoms with Crippen LogP contribution in [0.2, 0.25) is 0 Å². The van der Waals surface area contributed by atoms with Crippen LogP contribution in [0.1, 0.15) is 56.9 Å². The van der Waals surface area contributed by atoms with Crippen LogP contribution < -0.4 is 4.74 Å². The summed E-state index contributed by atoms with van der Waals surface area (Å²) in [7, 11) is 0. The van der Waals surface area contributed by atoms with Crippen LogP contribution in [-0.4, -0.2) is 42.6 Å². The number of esters is 1. The first-order chi connectivity index (χ1) is 14.5. The van der Waals surface area contributed by atoms with Gasteiger partial charge in [0.05, 0.1) is 5.41 Å². The van der Waals surface area contributed by atoms with E-state index in [9.17, 15) is 9.59 Å². The number of hydrogen-bond donors (Lipinski definition) is 0. The van der Waals surface area contributed by atoms with E-state index in [0.717, 1.165) is 61.2 Å². The van der Waals surface area contributed by atoms with Gasteiger partial charge in [0.25, 0.3) is 0 Å². The lowest BCUT2D eigenvalue weighted by molar-refractivity contribution is -0.165. The minimum absolute atomic E-state index is 0.189. The highest BCUT2D eigenvalue weighted by atomic mass is 16.6. The van der Waals surface area contributed by atoms with Gasteiger partial charge >= 0.3 is 5.97 Å². The molecule has 1 saturated heterocycles. The number of hydrogen-bond acceptors (Lipinski definition) is 4. The third kappa shape index (κ3) is 3.61. The van der Waals surface area contributed by atoms with E-state index in [-0.39, 0.29) is 23.9 Å². The summed E-state index contributed by atoms with van der Waals surface area (Å²) in [4.78, 5) is 28.3. The molecule has 5 fully saturated rings. The number of ether oxygens (including phenoxy) is 2. The molecule has 1 amide bonds. The molecule has 0 spiro atoms. The summed E-state index contributed by atoms with van der Waals surface area (Å²) >= 11 is 0. The second-order valence-electron chi connectivity index (χ2n) is 10.1. The van der Waals surface area contributed by atoms with Gasteiger partial charge in [0.1, 0.15) is 25.0 Å². The maximum Gasteiger partial charge on any atom is 0.328 e. The zero-order valence-corrected chi connectivity index (χ0v) is 18.0. The van der Waals surface area contributed by atoms with Crippen molar-refractivity contribution in [2.24, 2.45) is 23.2 Å². The third-order valence-corrected chi connectivity index (χ3v) is 7.96. The second kappa shape index (κ2) is 7.90. The lowest BCUT2D eigenvalue weighted by Gasteiger charge is -2.56. The van der Waals surface area contributed by atoms with Crippen LogP contribution in [0, 0.1) is 30.1 Å². The lowest BCUT2D eigenvalue weighted by atomic mass is 9.49. The largest absolute Gasteiger partial charge is 0.490 e. The van der Waals surface area contributed by atoms with Gasteiger partial charge in [-0.3, -0.25) is 4.79 Å². The highest BCUT2D eigenvalue weighted by Crippen LogP contribution is 2.60. The van der Waals surface area contributed by atoms with Crippen LogP contribution in [-0.2, 0) is 14.3 Å². The van der Waals surface area contributed by atoms with E-state index in [1.807, 2.05) is 36.1 Å². The van der Waals surface area contributed by atoms with Crippen molar-refractivity contribution in [1.29, 1.82) is 0 Å². The number of likely N-dealkylation sites (tertiary alicyclic amines) is 1. The molecule has 4 bridgehead atoms. The molecule has 1 atom stereocenters. The normalized spacial score (nSPS) is 34.2. The number of aryl methyl sites for hydroxylation is 1. The van der Waals surface area contributed by atoms with E-state index in [0.29, 0.717) is 13.2 Å². The number of carbonyl (C=O) groups is 2. The first-order valence-electron chi connectivity index (χ1n) is 11.7. The molecule has 0 aromatic heterocycles. The van der Waals surface area contributed by atoms with E-state index in [1.54, 1.807) is 0 Å². The molecule has 6 rings (SSSR count). The van der Waals surface area contributed by atoms with Crippen molar-refractivity contribution < 1.29 is 19.1 Å². The van der Waals surface area contributed by atoms with Crippen LogP contribution in [0.5, 0.6) is 5.75 Å². The molecule has 1 aromatic rings. The Morgan fingerprint density at radius 2 is 1.70 bits per heavy atom. The average molecular weight is 412 g/mol. The van der Waals surface area contributed by atoms with Gasteiger partial charge in [-0.25, -0.2) is 4.79 Å². The Kier molecular flexibility index (Phi) is 5.24. The fourth-order valence-corrected chi connectivity index (χ4v) is 7.04. The average Bonchev–Trinajstić information content (AvgIpc) is 3.20. The Labute approximate surface area is 179 Å². The van der Waals surface area contributed by atoms with E-state index in [2.05, 4.69) is 0 Å². The number of amides is 1. The molecule has 5 heteroatoms. The van der Waals surface area contributed by atoms with Gasteiger partial charge in [0.15, 0.2) is 0 Å². The Balaban J connectivity index is 1.17. The maximum absolute atomic E-state index is 13.7. The zero-order chi connectivity index (χ0) is 20.7. The number of para-hydroxylation sites is 1. The Morgan fingerprint density at radius 1 is 1.03 bits per heavy atom. The molecule has 1 unspecified atom stereocenters. The van der Waals surface area contributed by atoms with E-state index >= 15 is 0 Å². The van der Waals surface area contributed by atoms with Crippen molar-refractivity contribution in [2.45, 2.75) is 64.3 Å². The molecular weight excluding hydrogens is 378 g/mol. The summed E-state index contributed by atoms with van der Waals surface area (Å²) in [6.45, 7) is 3.23. The Hall–Kier alpha value is -2.04. The van der Waals surface area contributed by atoms with Crippen LogP contribution in [0.3, 0.4) is 0 Å². The Morgan fingerprint density at radius 3 is 2.37 bits per heavy atom. The number of carbonyl (C=O) groups excluding carboxylic acids is 2. The molecule has 4 aliphatic carbocycles. The first kappa shape index (κ1) is 19.9. The third-order valence-electron chi connectivity index (χ3n) is 7.96. The standard InChI is InChI=1S/C25H33NO4/c1-17-5-2-3-7-22(17)29-9-10-30-23(27)21-6-4-8-26(21)24(28)25-14-18-11-19(15-25)13-20(12-18)16-25/h2-3,5,7,18-21H,4,6,8-16H2,1H3. The second-order valence-corrected chi connectivity index (χ2v) is 10.1. The van der Waals surface area contributed by atoms with Crippen LogP contribution in [0.25, 0.3) is 0 Å². The molecule has 1 heterocycles. The summed E-state index contributed by atoms with van der Waals surface area (Å²) in [5, 5.41) is 0. The molecule has 1 aromatic carbocycles. The molecule has 0 N–H and O–H groups in total. The maximum atomic E-state index is 13.7. The lowest BCUT2D eigenvalue weighted by Crippen LogP contribution is -2.56. The van der Waals surface area contributed by atoms with Crippen LogP contribution in [0.4, 0.5) is 0 Å².